The largest absolute Gasteiger partial charge is 0.497 e. The molecule has 2 heterocycles. The van der Waals surface area contributed by atoms with Gasteiger partial charge in [-0.25, -0.2) is 14.6 Å². The highest BCUT2D eigenvalue weighted by atomic mass is 16.5. The molecule has 0 radical (unpaired) electrons. The summed E-state index contributed by atoms with van der Waals surface area (Å²) in [6, 6.07) is 6.95. The minimum absolute atomic E-state index is 0.0429. The number of imidazole rings is 1. The van der Waals surface area contributed by atoms with Crippen molar-refractivity contribution in [2.75, 3.05) is 7.11 Å². The van der Waals surface area contributed by atoms with Crippen molar-refractivity contribution in [1.82, 2.24) is 15.0 Å². The van der Waals surface area contributed by atoms with Crippen LogP contribution in [0.3, 0.4) is 0 Å². The van der Waals surface area contributed by atoms with Crippen LogP contribution in [-0.2, 0) is 0 Å². The first-order chi connectivity index (χ1) is 10.6. The van der Waals surface area contributed by atoms with Crippen molar-refractivity contribution in [3.05, 3.63) is 42.0 Å². The Kier molecular flexibility index (Phi) is 3.26. The van der Waals surface area contributed by atoms with Gasteiger partial charge in [0.25, 0.3) is 0 Å². The molecule has 0 unspecified atom stereocenters. The molecule has 8 nitrogen and oxygen atoms in total. The number of carbonyl (C=O) groups is 2. The SMILES string of the molecule is COc1ccc2[nH]c(C(=O)Oc3cnc(C(=O)O)[nH]3)cc2c1. The molecule has 3 aromatic rings. The molecule has 0 fully saturated rings. The quantitative estimate of drug-likeness (QED) is 0.633. The van der Waals surface area contributed by atoms with Gasteiger partial charge < -0.3 is 24.5 Å². The molecule has 2 aromatic heterocycles. The molecule has 8 heteroatoms. The van der Waals surface area contributed by atoms with Crippen molar-refractivity contribution in [2.45, 2.75) is 0 Å². The standard InChI is InChI=1S/C14H11N3O5/c1-21-8-2-3-9-7(4-8)5-10(16-9)14(20)22-11-6-15-12(17-11)13(18)19/h2-6,16H,1H3,(H,15,17)(H,18,19). The molecule has 22 heavy (non-hydrogen) atoms. The number of benzene rings is 1. The fraction of sp³-hybridized carbons (Fsp3) is 0.0714. The molecule has 0 amide bonds. The number of hydrogen-bond donors (Lipinski definition) is 3. The maximum absolute atomic E-state index is 12.0. The Morgan fingerprint density at radius 3 is 2.73 bits per heavy atom. The molecule has 0 bridgehead atoms. The van der Waals surface area contributed by atoms with Crippen molar-refractivity contribution < 1.29 is 24.2 Å². The number of nitrogens with zero attached hydrogens (tertiary/aromatic N) is 1. The van der Waals surface area contributed by atoms with Gasteiger partial charge in [-0.15, -0.1) is 0 Å². The van der Waals surface area contributed by atoms with Gasteiger partial charge in [-0.3, -0.25) is 0 Å². The summed E-state index contributed by atoms with van der Waals surface area (Å²) < 4.78 is 10.1. The fourth-order valence-electron chi connectivity index (χ4n) is 1.97. The number of esters is 1. The number of methoxy groups -OCH3 is 1. The van der Waals surface area contributed by atoms with Gasteiger partial charge >= 0.3 is 11.9 Å². The third-order valence-electron chi connectivity index (χ3n) is 3.01. The molecule has 3 N–H and O–H groups in total. The minimum atomic E-state index is -1.24. The summed E-state index contributed by atoms with van der Waals surface area (Å²) in [4.78, 5) is 31.6. The number of fused-ring (bicyclic) bond motifs is 1. The third-order valence-corrected chi connectivity index (χ3v) is 3.01. The van der Waals surface area contributed by atoms with E-state index in [-0.39, 0.29) is 17.4 Å². The van der Waals surface area contributed by atoms with Crippen molar-refractivity contribution in [1.29, 1.82) is 0 Å². The lowest BCUT2D eigenvalue weighted by molar-refractivity contribution is 0.0674. The van der Waals surface area contributed by atoms with Crippen molar-refractivity contribution >= 4 is 22.8 Å². The van der Waals surface area contributed by atoms with Crippen LogP contribution in [0.15, 0.2) is 30.5 Å². The minimum Gasteiger partial charge on any atom is -0.497 e. The lowest BCUT2D eigenvalue weighted by Gasteiger charge is -1.98. The zero-order valence-electron chi connectivity index (χ0n) is 11.4. The first kappa shape index (κ1) is 13.7. The molecular weight excluding hydrogens is 290 g/mol. The van der Waals surface area contributed by atoms with Crippen LogP contribution in [0, 0.1) is 0 Å². The summed E-state index contributed by atoms with van der Waals surface area (Å²) in [5, 5.41) is 9.54. The van der Waals surface area contributed by atoms with Crippen LogP contribution in [-0.4, -0.2) is 39.1 Å². The molecular formula is C14H11N3O5. The molecule has 3 rings (SSSR count). The van der Waals surface area contributed by atoms with Gasteiger partial charge in [0, 0.05) is 10.9 Å². The van der Waals surface area contributed by atoms with Gasteiger partial charge in [0.15, 0.2) is 0 Å². The van der Waals surface area contributed by atoms with Crippen LogP contribution >= 0.6 is 0 Å². The molecule has 0 saturated heterocycles. The average molecular weight is 301 g/mol. The predicted molar refractivity (Wildman–Crippen MR) is 75.4 cm³/mol. The van der Waals surface area contributed by atoms with Crippen LogP contribution < -0.4 is 9.47 Å². The highest BCUT2D eigenvalue weighted by Crippen LogP contribution is 2.22. The van der Waals surface area contributed by atoms with Gasteiger partial charge in [0.2, 0.25) is 11.7 Å². The number of carboxylic acids is 1. The second-order valence-corrected chi connectivity index (χ2v) is 4.43. The lowest BCUT2D eigenvalue weighted by Crippen LogP contribution is -2.09. The lowest BCUT2D eigenvalue weighted by atomic mass is 10.2. The van der Waals surface area contributed by atoms with E-state index in [0.717, 1.165) is 17.1 Å². The van der Waals surface area contributed by atoms with Crippen LogP contribution in [0.5, 0.6) is 11.6 Å². The highest BCUT2D eigenvalue weighted by molar-refractivity contribution is 5.96. The summed E-state index contributed by atoms with van der Waals surface area (Å²) in [5.41, 5.74) is 0.985. The molecule has 0 aliphatic carbocycles. The van der Waals surface area contributed by atoms with Crippen LogP contribution in [0.25, 0.3) is 10.9 Å². The van der Waals surface area contributed by atoms with E-state index >= 15 is 0 Å². The maximum atomic E-state index is 12.0. The predicted octanol–water partition coefficient (Wildman–Crippen LogP) is 1.82. The van der Waals surface area contributed by atoms with Crippen molar-refractivity contribution in [3.8, 4) is 11.6 Å². The molecule has 112 valence electrons. The first-order valence-electron chi connectivity index (χ1n) is 6.24. The second kappa shape index (κ2) is 5.24. The van der Waals surface area contributed by atoms with Gasteiger partial charge in [0.05, 0.1) is 13.3 Å². The van der Waals surface area contributed by atoms with E-state index in [1.165, 1.54) is 0 Å². The van der Waals surface area contributed by atoms with E-state index < -0.39 is 11.9 Å². The maximum Gasteiger partial charge on any atom is 0.372 e. The molecule has 0 saturated carbocycles. The van der Waals surface area contributed by atoms with E-state index in [1.807, 2.05) is 0 Å². The Morgan fingerprint density at radius 2 is 2.05 bits per heavy atom. The number of aromatic nitrogens is 3. The number of aromatic carboxylic acids is 1. The monoisotopic (exact) mass is 301 g/mol. The highest BCUT2D eigenvalue weighted by Gasteiger charge is 2.15. The Balaban J connectivity index is 1.83. The number of aromatic amines is 2. The average Bonchev–Trinajstić information content (AvgIpc) is 3.12. The van der Waals surface area contributed by atoms with Gasteiger partial charge in [0.1, 0.15) is 11.4 Å². The normalized spacial score (nSPS) is 10.6. The van der Waals surface area contributed by atoms with Crippen LogP contribution in [0.1, 0.15) is 21.1 Å². The number of hydrogen-bond acceptors (Lipinski definition) is 5. The summed E-state index contributed by atoms with van der Waals surface area (Å²) in [5.74, 6) is -1.57. The van der Waals surface area contributed by atoms with Gasteiger partial charge in [-0.05, 0) is 24.3 Å². The number of carbonyl (C=O) groups excluding carboxylic acids is 1. The molecule has 0 atom stereocenters. The Hall–Kier alpha value is -3.29. The smallest absolute Gasteiger partial charge is 0.372 e. The third kappa shape index (κ3) is 2.49. The zero-order chi connectivity index (χ0) is 15.7. The van der Waals surface area contributed by atoms with E-state index in [4.69, 9.17) is 14.6 Å². The number of nitrogens with one attached hydrogen (secondary N) is 2. The summed E-state index contributed by atoms with van der Waals surface area (Å²) in [7, 11) is 1.56. The molecule has 0 spiro atoms. The molecule has 0 aliphatic heterocycles. The van der Waals surface area contributed by atoms with Gasteiger partial charge in [-0.2, -0.15) is 0 Å². The Labute approximate surface area is 123 Å². The fourth-order valence-corrected chi connectivity index (χ4v) is 1.97. The Bertz CT molecular complexity index is 864. The zero-order valence-corrected chi connectivity index (χ0v) is 11.4. The Morgan fingerprint density at radius 1 is 1.23 bits per heavy atom. The number of carboxylic acid groups (broad SMARTS) is 1. The van der Waals surface area contributed by atoms with Gasteiger partial charge in [-0.1, -0.05) is 0 Å². The summed E-state index contributed by atoms with van der Waals surface area (Å²) >= 11 is 0. The van der Waals surface area contributed by atoms with Crippen LogP contribution in [0.2, 0.25) is 0 Å². The molecule has 0 aliphatic rings. The summed E-state index contributed by atoms with van der Waals surface area (Å²) in [6.45, 7) is 0. The van der Waals surface area contributed by atoms with E-state index in [2.05, 4.69) is 15.0 Å². The molecule has 1 aromatic carbocycles. The number of H-pyrrole nitrogens is 2. The first-order valence-corrected chi connectivity index (χ1v) is 6.24. The van der Waals surface area contributed by atoms with E-state index in [1.54, 1.807) is 31.4 Å². The second-order valence-electron chi connectivity index (χ2n) is 4.43. The number of rotatable bonds is 4. The summed E-state index contributed by atoms with van der Waals surface area (Å²) in [6.07, 6.45) is 1.13. The topological polar surface area (TPSA) is 117 Å². The number of ether oxygens (including phenoxy) is 2. The van der Waals surface area contributed by atoms with Crippen molar-refractivity contribution in [2.24, 2.45) is 0 Å². The van der Waals surface area contributed by atoms with Crippen LogP contribution in [0.4, 0.5) is 0 Å². The van der Waals surface area contributed by atoms with E-state index in [9.17, 15) is 9.59 Å². The van der Waals surface area contributed by atoms with E-state index in [0.29, 0.717) is 5.75 Å². The van der Waals surface area contributed by atoms with Crippen molar-refractivity contribution in [3.63, 3.8) is 0 Å².